The molecule has 4 aromatic rings. The molecule has 1 unspecified atom stereocenters. The number of imidazole rings is 1. The predicted molar refractivity (Wildman–Crippen MR) is 136 cm³/mol. The molecule has 8 heteroatoms. The quantitative estimate of drug-likeness (QED) is 0.336. The predicted octanol–water partition coefficient (Wildman–Crippen LogP) is 5.64. The first-order valence-electron chi connectivity index (χ1n) is 12.2. The van der Waals surface area contributed by atoms with E-state index in [1.165, 1.54) is 12.0 Å². The van der Waals surface area contributed by atoms with Gasteiger partial charge in [-0.2, -0.15) is 0 Å². The van der Waals surface area contributed by atoms with Gasteiger partial charge in [0.25, 0.3) is 0 Å². The van der Waals surface area contributed by atoms with Crippen LogP contribution in [0.25, 0.3) is 22.4 Å². The second-order valence-corrected chi connectivity index (χ2v) is 9.37. The van der Waals surface area contributed by atoms with E-state index >= 15 is 0 Å². The van der Waals surface area contributed by atoms with Crippen LogP contribution in [-0.4, -0.2) is 43.5 Å². The summed E-state index contributed by atoms with van der Waals surface area (Å²) in [6.45, 7) is 0.655. The van der Waals surface area contributed by atoms with Gasteiger partial charge in [-0.25, -0.2) is 9.66 Å². The lowest BCUT2D eigenvalue weighted by atomic mass is 9.96. The molecule has 2 aromatic heterocycles. The Morgan fingerprint density at radius 1 is 0.972 bits per heavy atom. The molecule has 0 spiro atoms. The van der Waals surface area contributed by atoms with Gasteiger partial charge in [-0.3, -0.25) is 0 Å². The lowest BCUT2D eigenvalue weighted by Gasteiger charge is -2.14. The van der Waals surface area contributed by atoms with Gasteiger partial charge in [0.05, 0.1) is 45.9 Å². The first kappa shape index (κ1) is 22.5. The molecule has 0 bridgehead atoms. The van der Waals surface area contributed by atoms with Crippen LogP contribution in [0.15, 0.2) is 58.2 Å². The van der Waals surface area contributed by atoms with Crippen molar-refractivity contribution in [3.8, 4) is 28.7 Å². The molecule has 8 nitrogen and oxygen atoms in total. The van der Waals surface area contributed by atoms with Gasteiger partial charge in [0.1, 0.15) is 34.3 Å². The average molecular weight is 488 g/mol. The van der Waals surface area contributed by atoms with Gasteiger partial charge in [0.15, 0.2) is 5.76 Å². The van der Waals surface area contributed by atoms with Gasteiger partial charge in [-0.15, -0.1) is 5.10 Å². The highest BCUT2D eigenvalue weighted by Crippen LogP contribution is 2.41. The monoisotopic (exact) mass is 487 g/mol. The summed E-state index contributed by atoms with van der Waals surface area (Å²) in [7, 11) is 4.96. The van der Waals surface area contributed by atoms with Crippen LogP contribution in [0, 0.1) is 5.92 Å². The normalized spacial score (nSPS) is 18.8. The number of fused-ring (bicyclic) bond motifs is 2. The molecule has 36 heavy (non-hydrogen) atoms. The minimum atomic E-state index is 0.494. The molecule has 0 amide bonds. The molecule has 0 N–H and O–H groups in total. The van der Waals surface area contributed by atoms with Gasteiger partial charge in [0.2, 0.25) is 5.90 Å². The zero-order valence-corrected chi connectivity index (χ0v) is 20.7. The second-order valence-electron chi connectivity index (χ2n) is 9.37. The molecule has 6 rings (SSSR count). The lowest BCUT2D eigenvalue weighted by molar-refractivity contribution is 0.252. The van der Waals surface area contributed by atoms with Crippen molar-refractivity contribution >= 4 is 16.9 Å². The van der Waals surface area contributed by atoms with E-state index in [2.05, 4.69) is 22.2 Å². The van der Waals surface area contributed by atoms with E-state index in [1.807, 2.05) is 36.5 Å². The van der Waals surface area contributed by atoms with Crippen LogP contribution in [-0.2, 0) is 11.2 Å². The van der Waals surface area contributed by atoms with Gasteiger partial charge in [0, 0.05) is 12.1 Å². The van der Waals surface area contributed by atoms with Crippen molar-refractivity contribution in [1.29, 1.82) is 0 Å². The Labute approximate surface area is 209 Å². The van der Waals surface area contributed by atoms with Gasteiger partial charge >= 0.3 is 0 Å². The molecule has 1 fully saturated rings. The van der Waals surface area contributed by atoms with E-state index in [0.29, 0.717) is 47.9 Å². The molecule has 1 aliphatic carbocycles. The molecular formula is C28H29N3O5. The van der Waals surface area contributed by atoms with Crippen LogP contribution in [0.4, 0.5) is 0 Å². The van der Waals surface area contributed by atoms with Crippen LogP contribution in [0.3, 0.4) is 0 Å². The summed E-state index contributed by atoms with van der Waals surface area (Å²) in [5, 5.41) is 5.29. The number of furan rings is 1. The van der Waals surface area contributed by atoms with E-state index < -0.39 is 0 Å². The number of hydrogen-bond donors (Lipinski definition) is 0. The summed E-state index contributed by atoms with van der Waals surface area (Å²) >= 11 is 0. The van der Waals surface area contributed by atoms with Crippen molar-refractivity contribution in [2.45, 2.75) is 31.6 Å². The van der Waals surface area contributed by atoms with E-state index in [-0.39, 0.29) is 0 Å². The van der Waals surface area contributed by atoms with Crippen molar-refractivity contribution < 1.29 is 23.4 Å². The van der Waals surface area contributed by atoms with Crippen LogP contribution >= 0.6 is 0 Å². The third-order valence-corrected chi connectivity index (χ3v) is 7.19. The summed E-state index contributed by atoms with van der Waals surface area (Å²) < 4.78 is 30.3. The number of benzene rings is 2. The number of rotatable bonds is 7. The Hall–Kier alpha value is -3.94. The molecule has 1 saturated carbocycles. The molecule has 186 valence electrons. The Morgan fingerprint density at radius 2 is 1.81 bits per heavy atom. The standard InChI is InChI=1S/C28H29N3O5/c1-32-20-8-6-18(7-9-20)19-5-4-17(10-19)16-35-24-11-21(33-2)12-25-22(24)13-26(36-25)23-15-31-27(29-23)14-28(30-31)34-3/h6-9,11-13,15,17,19H,4-5,10,14,16H2,1-3H3/t17-,19?/m1/s1. The molecule has 2 atom stereocenters. The third kappa shape index (κ3) is 4.17. The van der Waals surface area contributed by atoms with Crippen molar-refractivity contribution in [2.75, 3.05) is 27.9 Å². The highest BCUT2D eigenvalue weighted by Gasteiger charge is 2.27. The van der Waals surface area contributed by atoms with Crippen LogP contribution in [0.1, 0.15) is 36.6 Å². The zero-order valence-electron chi connectivity index (χ0n) is 20.7. The Balaban J connectivity index is 1.19. The Kier molecular flexibility index (Phi) is 5.79. The highest BCUT2D eigenvalue weighted by atomic mass is 16.5. The summed E-state index contributed by atoms with van der Waals surface area (Å²) in [5.41, 5.74) is 2.80. The SMILES string of the molecule is COC1=Nn2cc(-c3cc4c(OC[C@@H]5CCC(c6ccc(OC)cc6)C5)cc(OC)cc4o3)nc2C1. The molecular weight excluding hydrogens is 458 g/mol. The lowest BCUT2D eigenvalue weighted by Crippen LogP contribution is -2.09. The van der Waals surface area contributed by atoms with E-state index in [9.17, 15) is 0 Å². The molecule has 0 saturated heterocycles. The minimum Gasteiger partial charge on any atom is -0.497 e. The topological polar surface area (TPSA) is 80.2 Å². The summed E-state index contributed by atoms with van der Waals surface area (Å²) in [5.74, 6) is 5.54. The summed E-state index contributed by atoms with van der Waals surface area (Å²) in [6, 6.07) is 14.2. The van der Waals surface area contributed by atoms with Crippen LogP contribution in [0.2, 0.25) is 0 Å². The first-order valence-corrected chi connectivity index (χ1v) is 12.2. The zero-order chi connectivity index (χ0) is 24.6. The maximum atomic E-state index is 6.38. The smallest absolute Gasteiger partial charge is 0.214 e. The number of hydrogen-bond acceptors (Lipinski definition) is 7. The van der Waals surface area contributed by atoms with Crippen molar-refractivity contribution in [3.05, 3.63) is 60.0 Å². The minimum absolute atomic E-state index is 0.494. The van der Waals surface area contributed by atoms with Crippen molar-refractivity contribution in [3.63, 3.8) is 0 Å². The van der Waals surface area contributed by atoms with Crippen LogP contribution < -0.4 is 14.2 Å². The number of nitrogens with zero attached hydrogens (tertiary/aromatic N) is 3. The number of aromatic nitrogens is 2. The van der Waals surface area contributed by atoms with Gasteiger partial charge < -0.3 is 23.4 Å². The van der Waals surface area contributed by atoms with E-state index in [1.54, 1.807) is 26.0 Å². The average Bonchev–Trinajstić information content (AvgIpc) is 3.69. The van der Waals surface area contributed by atoms with Gasteiger partial charge in [-0.1, -0.05) is 12.1 Å². The van der Waals surface area contributed by atoms with Crippen molar-refractivity contribution in [1.82, 2.24) is 9.66 Å². The molecule has 2 aliphatic rings. The summed E-state index contributed by atoms with van der Waals surface area (Å²) in [6.07, 6.45) is 5.85. The van der Waals surface area contributed by atoms with Crippen molar-refractivity contribution in [2.24, 2.45) is 11.0 Å². The molecule has 0 radical (unpaired) electrons. The number of ether oxygens (including phenoxy) is 4. The fraction of sp³-hybridized carbons (Fsp3) is 0.357. The summed E-state index contributed by atoms with van der Waals surface area (Å²) in [4.78, 5) is 4.68. The molecule has 3 heterocycles. The molecule has 2 aromatic carbocycles. The maximum Gasteiger partial charge on any atom is 0.214 e. The Bertz CT molecular complexity index is 1420. The van der Waals surface area contributed by atoms with Gasteiger partial charge in [-0.05, 0) is 54.9 Å². The Morgan fingerprint density at radius 3 is 2.56 bits per heavy atom. The second kappa shape index (κ2) is 9.26. The highest BCUT2D eigenvalue weighted by molar-refractivity contribution is 5.89. The fourth-order valence-electron chi connectivity index (χ4n) is 5.20. The van der Waals surface area contributed by atoms with E-state index in [0.717, 1.165) is 41.2 Å². The van der Waals surface area contributed by atoms with Crippen LogP contribution in [0.5, 0.6) is 17.2 Å². The maximum absolute atomic E-state index is 6.38. The fourth-order valence-corrected chi connectivity index (χ4v) is 5.20. The number of methoxy groups -OCH3 is 3. The van der Waals surface area contributed by atoms with E-state index in [4.69, 9.17) is 23.4 Å². The largest absolute Gasteiger partial charge is 0.497 e. The molecule has 1 aliphatic heterocycles. The third-order valence-electron chi connectivity index (χ3n) is 7.19. The first-order chi connectivity index (χ1) is 17.6.